The number of rotatable bonds is 5. The molecule has 6 nitrogen and oxygen atoms in total. The Bertz CT molecular complexity index is 911. The van der Waals surface area contributed by atoms with Crippen LogP contribution in [0.5, 0.6) is 0 Å². The Balaban J connectivity index is 1.35. The van der Waals surface area contributed by atoms with E-state index in [0.29, 0.717) is 31.2 Å². The Morgan fingerprint density at radius 3 is 2.63 bits per heavy atom. The van der Waals surface area contributed by atoms with Gasteiger partial charge in [-0.1, -0.05) is 29.8 Å². The maximum atomic E-state index is 12.8. The van der Waals surface area contributed by atoms with Crippen molar-refractivity contribution in [1.29, 1.82) is 0 Å². The van der Waals surface area contributed by atoms with Gasteiger partial charge in [-0.15, -0.1) is 11.3 Å². The predicted molar refractivity (Wildman–Crippen MR) is 118 cm³/mol. The van der Waals surface area contributed by atoms with Crippen LogP contribution in [0.15, 0.2) is 35.7 Å². The number of amides is 1. The van der Waals surface area contributed by atoms with Gasteiger partial charge in [0.15, 0.2) is 0 Å². The number of thiophene rings is 1. The summed E-state index contributed by atoms with van der Waals surface area (Å²) in [6.07, 6.45) is 0.950. The molecule has 2 aliphatic rings. The number of benzene rings is 1. The summed E-state index contributed by atoms with van der Waals surface area (Å²) >= 11 is 8.14. The molecule has 0 unspecified atom stereocenters. The van der Waals surface area contributed by atoms with Crippen LogP contribution in [-0.2, 0) is 27.3 Å². The molecule has 30 heavy (non-hydrogen) atoms. The van der Waals surface area contributed by atoms with E-state index >= 15 is 0 Å². The molecule has 1 fully saturated rings. The molecule has 0 N–H and O–H groups in total. The van der Waals surface area contributed by atoms with Crippen molar-refractivity contribution in [3.63, 3.8) is 0 Å². The lowest BCUT2D eigenvalue weighted by Crippen LogP contribution is -2.52. The number of esters is 1. The number of fused-ring (bicyclic) bond motifs is 1. The summed E-state index contributed by atoms with van der Waals surface area (Å²) in [6.45, 7) is 4.72. The van der Waals surface area contributed by atoms with Gasteiger partial charge in [-0.05, 0) is 35.1 Å². The van der Waals surface area contributed by atoms with Crippen molar-refractivity contribution in [2.45, 2.75) is 19.0 Å². The number of piperazine rings is 1. The molecule has 0 radical (unpaired) electrons. The molecule has 2 aromatic rings. The fourth-order valence-corrected chi connectivity index (χ4v) is 5.34. The Hall–Kier alpha value is -1.93. The lowest BCUT2D eigenvalue weighted by Gasteiger charge is -2.39. The largest absolute Gasteiger partial charge is 0.468 e. The monoisotopic (exact) mass is 447 g/mol. The summed E-state index contributed by atoms with van der Waals surface area (Å²) in [5.74, 6) is -0.136. The molecule has 0 spiro atoms. The maximum absolute atomic E-state index is 12.8. The van der Waals surface area contributed by atoms with Crippen LogP contribution in [0.3, 0.4) is 0 Å². The van der Waals surface area contributed by atoms with Crippen molar-refractivity contribution >= 4 is 34.8 Å². The standard InChI is InChI=1S/C22H26ClN3O3S/c1-29-22(28)21(17-4-2-3-5-18(17)23)25-11-9-24(10-12-25)15-20(27)26-8-6-19-16(14-26)7-13-30-19/h2-5,7,13,21H,6,8-12,14-15H2,1H3/t21-/m1/s1. The molecule has 3 heterocycles. The number of ether oxygens (including phenoxy) is 1. The van der Waals surface area contributed by atoms with Crippen molar-refractivity contribution in [1.82, 2.24) is 14.7 Å². The fourth-order valence-electron chi connectivity index (χ4n) is 4.21. The Morgan fingerprint density at radius 2 is 1.90 bits per heavy atom. The molecule has 2 aliphatic heterocycles. The quantitative estimate of drug-likeness (QED) is 0.660. The minimum absolute atomic E-state index is 0.177. The predicted octanol–water partition coefficient (Wildman–Crippen LogP) is 2.82. The van der Waals surface area contributed by atoms with Gasteiger partial charge >= 0.3 is 5.97 Å². The zero-order chi connectivity index (χ0) is 21.1. The fraction of sp³-hybridized carbons (Fsp3) is 0.455. The van der Waals surface area contributed by atoms with E-state index in [0.717, 1.165) is 31.6 Å². The van der Waals surface area contributed by atoms with Crippen molar-refractivity contribution < 1.29 is 14.3 Å². The average Bonchev–Trinajstić information content (AvgIpc) is 3.24. The topological polar surface area (TPSA) is 53.1 Å². The van der Waals surface area contributed by atoms with Crippen molar-refractivity contribution in [2.75, 3.05) is 46.4 Å². The molecule has 0 bridgehead atoms. The highest BCUT2D eigenvalue weighted by atomic mass is 35.5. The lowest BCUT2D eigenvalue weighted by molar-refractivity contribution is -0.148. The number of methoxy groups -OCH3 is 1. The highest BCUT2D eigenvalue weighted by Gasteiger charge is 2.33. The molecule has 1 atom stereocenters. The highest BCUT2D eigenvalue weighted by molar-refractivity contribution is 7.10. The second kappa shape index (κ2) is 9.47. The molecular weight excluding hydrogens is 422 g/mol. The third kappa shape index (κ3) is 4.54. The van der Waals surface area contributed by atoms with Gasteiger partial charge in [0.2, 0.25) is 5.91 Å². The minimum atomic E-state index is -0.527. The van der Waals surface area contributed by atoms with Gasteiger partial charge in [0, 0.05) is 49.2 Å². The summed E-state index contributed by atoms with van der Waals surface area (Å²) in [4.78, 5) is 33.0. The van der Waals surface area contributed by atoms with E-state index in [9.17, 15) is 9.59 Å². The first-order chi connectivity index (χ1) is 14.6. The summed E-state index contributed by atoms with van der Waals surface area (Å²) in [6, 6.07) is 8.99. The molecular formula is C22H26ClN3O3S. The van der Waals surface area contributed by atoms with Gasteiger partial charge in [-0.2, -0.15) is 0 Å². The number of halogens is 1. The van der Waals surface area contributed by atoms with Gasteiger partial charge in [0.1, 0.15) is 6.04 Å². The van der Waals surface area contributed by atoms with Gasteiger partial charge in [0.25, 0.3) is 0 Å². The number of hydrogen-bond donors (Lipinski definition) is 0. The van der Waals surface area contributed by atoms with E-state index in [1.54, 1.807) is 17.4 Å². The normalized spacial score (nSPS) is 18.7. The van der Waals surface area contributed by atoms with E-state index < -0.39 is 6.04 Å². The zero-order valence-electron chi connectivity index (χ0n) is 17.1. The summed E-state index contributed by atoms with van der Waals surface area (Å²) in [5, 5.41) is 2.66. The SMILES string of the molecule is COC(=O)[C@@H](c1ccccc1Cl)N1CCN(CC(=O)N2CCc3sccc3C2)CC1. The van der Waals surface area contributed by atoms with E-state index in [4.69, 9.17) is 16.3 Å². The van der Waals surface area contributed by atoms with Gasteiger partial charge in [-0.25, -0.2) is 4.79 Å². The van der Waals surface area contributed by atoms with Crippen LogP contribution < -0.4 is 0 Å². The van der Waals surface area contributed by atoms with E-state index in [1.807, 2.05) is 23.1 Å². The van der Waals surface area contributed by atoms with Crippen molar-refractivity contribution in [3.05, 3.63) is 56.7 Å². The van der Waals surface area contributed by atoms with Crippen LogP contribution in [0.25, 0.3) is 0 Å². The van der Waals surface area contributed by atoms with Crippen LogP contribution in [0.4, 0.5) is 0 Å². The van der Waals surface area contributed by atoms with Crippen LogP contribution in [0, 0.1) is 0 Å². The van der Waals surface area contributed by atoms with Crippen LogP contribution in [-0.4, -0.2) is 73.0 Å². The molecule has 1 aromatic carbocycles. The molecule has 1 amide bonds. The first-order valence-electron chi connectivity index (χ1n) is 10.2. The minimum Gasteiger partial charge on any atom is -0.468 e. The molecule has 4 rings (SSSR count). The van der Waals surface area contributed by atoms with E-state index in [-0.39, 0.29) is 11.9 Å². The summed E-state index contributed by atoms with van der Waals surface area (Å²) in [5.41, 5.74) is 2.04. The second-order valence-corrected chi connectivity index (χ2v) is 9.10. The van der Waals surface area contributed by atoms with Gasteiger partial charge < -0.3 is 9.64 Å². The third-order valence-electron chi connectivity index (χ3n) is 5.92. The molecule has 1 saturated heterocycles. The maximum Gasteiger partial charge on any atom is 0.327 e. The summed E-state index contributed by atoms with van der Waals surface area (Å²) in [7, 11) is 1.40. The second-order valence-electron chi connectivity index (χ2n) is 7.69. The van der Waals surface area contributed by atoms with Crippen LogP contribution in [0.1, 0.15) is 22.0 Å². The smallest absolute Gasteiger partial charge is 0.327 e. The third-order valence-corrected chi connectivity index (χ3v) is 7.28. The molecule has 160 valence electrons. The van der Waals surface area contributed by atoms with E-state index in [2.05, 4.69) is 21.2 Å². The van der Waals surface area contributed by atoms with E-state index in [1.165, 1.54) is 17.6 Å². The Labute approximate surface area is 186 Å². The Kier molecular flexibility index (Phi) is 6.73. The number of carbonyl (C=O) groups excluding carboxylic acids is 2. The number of hydrogen-bond acceptors (Lipinski definition) is 6. The first-order valence-corrected chi connectivity index (χ1v) is 11.4. The van der Waals surface area contributed by atoms with Gasteiger partial charge in [0.05, 0.1) is 13.7 Å². The van der Waals surface area contributed by atoms with Gasteiger partial charge in [-0.3, -0.25) is 14.6 Å². The molecule has 1 aromatic heterocycles. The van der Waals surface area contributed by atoms with Crippen LogP contribution in [0.2, 0.25) is 5.02 Å². The first kappa shape index (κ1) is 21.3. The average molecular weight is 448 g/mol. The molecule has 0 aliphatic carbocycles. The Morgan fingerprint density at radius 1 is 1.13 bits per heavy atom. The van der Waals surface area contributed by atoms with Crippen molar-refractivity contribution in [2.24, 2.45) is 0 Å². The molecule has 8 heteroatoms. The zero-order valence-corrected chi connectivity index (χ0v) is 18.6. The number of nitrogens with zero attached hydrogens (tertiary/aromatic N) is 3. The number of carbonyl (C=O) groups is 2. The van der Waals surface area contributed by atoms with Crippen LogP contribution >= 0.6 is 22.9 Å². The highest BCUT2D eigenvalue weighted by Crippen LogP contribution is 2.29. The van der Waals surface area contributed by atoms with Crippen molar-refractivity contribution in [3.8, 4) is 0 Å². The lowest BCUT2D eigenvalue weighted by atomic mass is 10.0. The molecule has 0 saturated carbocycles. The summed E-state index contributed by atoms with van der Waals surface area (Å²) < 4.78 is 5.05.